The minimum Gasteiger partial charge on any atom is -0.496 e. The average Bonchev–Trinajstić information content (AvgIpc) is 3.02. The van der Waals surface area contributed by atoms with E-state index in [2.05, 4.69) is 5.32 Å². The van der Waals surface area contributed by atoms with Crippen molar-refractivity contribution in [1.82, 2.24) is 5.32 Å². The van der Waals surface area contributed by atoms with Crippen LogP contribution in [0, 0.1) is 0 Å². The van der Waals surface area contributed by atoms with Crippen LogP contribution >= 0.6 is 11.6 Å². The topological polar surface area (TPSA) is 135 Å². The Balaban J connectivity index is 2.01. The number of rotatable bonds is 9. The third-order valence-corrected chi connectivity index (χ3v) is 6.45. The molecule has 4 rings (SSSR count). The molecule has 1 aliphatic rings. The van der Waals surface area contributed by atoms with E-state index in [1.54, 1.807) is 36.4 Å². The van der Waals surface area contributed by atoms with Crippen LogP contribution < -0.4 is 24.4 Å². The highest BCUT2D eigenvalue weighted by Gasteiger charge is 2.52. The number of hydrogen-bond donors (Lipinski definition) is 3. The number of ether oxygens (including phenoxy) is 3. The Morgan fingerprint density at radius 3 is 2.21 bits per heavy atom. The zero-order valence-corrected chi connectivity index (χ0v) is 21.3. The first-order valence-electron chi connectivity index (χ1n) is 11.4. The standard InChI is InChI=1S/C27H25ClN2O8/c1-36-18-11-19(37-2)13-20(12-18)38-25(26(34)35)27(16-6-4-3-5-7-16)21-10-17(28)8-9-22(21)30(15-24(32)33)23(31)14-29-27/h3-13,25,29H,14-15H2,1-2H3,(H,32,33)(H,34,35)/t25-,27+/m1/s1. The lowest BCUT2D eigenvalue weighted by atomic mass is 9.77. The maximum absolute atomic E-state index is 13.2. The van der Waals surface area contributed by atoms with Crippen molar-refractivity contribution >= 4 is 35.1 Å². The van der Waals surface area contributed by atoms with Crippen molar-refractivity contribution in [2.24, 2.45) is 0 Å². The van der Waals surface area contributed by atoms with Crippen molar-refractivity contribution in [2.45, 2.75) is 11.6 Å². The van der Waals surface area contributed by atoms with Crippen LogP contribution in [0.5, 0.6) is 17.2 Å². The second kappa shape index (κ2) is 11.0. The number of benzene rings is 3. The van der Waals surface area contributed by atoms with Crippen LogP contribution in [0.15, 0.2) is 66.7 Å². The van der Waals surface area contributed by atoms with Gasteiger partial charge in [-0.2, -0.15) is 0 Å². The molecule has 3 aromatic carbocycles. The van der Waals surface area contributed by atoms with E-state index < -0.39 is 36.0 Å². The minimum absolute atomic E-state index is 0.132. The van der Waals surface area contributed by atoms with Gasteiger partial charge in [-0.05, 0) is 23.8 Å². The van der Waals surface area contributed by atoms with Crippen molar-refractivity contribution in [2.75, 3.05) is 32.2 Å². The zero-order chi connectivity index (χ0) is 27.4. The molecule has 38 heavy (non-hydrogen) atoms. The Hall–Kier alpha value is -4.28. The predicted molar refractivity (Wildman–Crippen MR) is 138 cm³/mol. The number of carboxylic acid groups (broad SMARTS) is 2. The Morgan fingerprint density at radius 1 is 1.00 bits per heavy atom. The second-order valence-corrected chi connectivity index (χ2v) is 8.88. The van der Waals surface area contributed by atoms with Gasteiger partial charge in [0.1, 0.15) is 29.3 Å². The number of nitrogens with one attached hydrogen (secondary N) is 1. The predicted octanol–water partition coefficient (Wildman–Crippen LogP) is 3.15. The van der Waals surface area contributed by atoms with Gasteiger partial charge in [-0.1, -0.05) is 41.9 Å². The summed E-state index contributed by atoms with van der Waals surface area (Å²) in [6.07, 6.45) is -1.67. The van der Waals surface area contributed by atoms with Crippen LogP contribution in [-0.4, -0.2) is 61.5 Å². The lowest BCUT2D eigenvalue weighted by Gasteiger charge is -2.40. The number of nitrogens with zero attached hydrogens (tertiary/aromatic N) is 1. The first-order chi connectivity index (χ1) is 18.2. The van der Waals surface area contributed by atoms with Crippen LogP contribution in [0.4, 0.5) is 5.69 Å². The van der Waals surface area contributed by atoms with E-state index in [1.165, 1.54) is 44.6 Å². The number of carbonyl (C=O) groups excluding carboxylic acids is 1. The largest absolute Gasteiger partial charge is 0.496 e. The van der Waals surface area contributed by atoms with E-state index in [9.17, 15) is 24.6 Å². The Morgan fingerprint density at radius 2 is 1.63 bits per heavy atom. The molecule has 0 spiro atoms. The molecular weight excluding hydrogens is 516 g/mol. The first-order valence-corrected chi connectivity index (χ1v) is 11.8. The highest BCUT2D eigenvalue weighted by molar-refractivity contribution is 6.30. The average molecular weight is 541 g/mol. The third-order valence-electron chi connectivity index (χ3n) is 6.21. The number of anilines is 1. The number of methoxy groups -OCH3 is 2. The quantitative estimate of drug-likeness (QED) is 0.374. The summed E-state index contributed by atoms with van der Waals surface area (Å²) in [5.74, 6) is -2.28. The van der Waals surface area contributed by atoms with Crippen molar-refractivity contribution in [3.8, 4) is 17.2 Å². The van der Waals surface area contributed by atoms with E-state index in [4.69, 9.17) is 25.8 Å². The molecule has 2 atom stereocenters. The number of halogens is 1. The molecule has 3 N–H and O–H groups in total. The van der Waals surface area contributed by atoms with Crippen LogP contribution in [0.2, 0.25) is 5.02 Å². The lowest BCUT2D eigenvalue weighted by molar-refractivity contribution is -0.149. The summed E-state index contributed by atoms with van der Waals surface area (Å²) in [5.41, 5.74) is -0.790. The van der Waals surface area contributed by atoms with Gasteiger partial charge in [0.15, 0.2) is 0 Å². The number of aliphatic carboxylic acids is 2. The number of hydrogen-bond acceptors (Lipinski definition) is 7. The molecule has 0 unspecified atom stereocenters. The fourth-order valence-electron chi connectivity index (χ4n) is 4.56. The highest BCUT2D eigenvalue weighted by Crippen LogP contribution is 2.44. The van der Waals surface area contributed by atoms with Crippen molar-refractivity contribution in [3.05, 3.63) is 82.9 Å². The molecule has 3 aromatic rings. The molecule has 11 heteroatoms. The molecule has 0 aromatic heterocycles. The molecular formula is C27H25ClN2O8. The molecule has 0 bridgehead atoms. The summed E-state index contributed by atoms with van der Waals surface area (Å²) in [7, 11) is 2.90. The van der Waals surface area contributed by atoms with Crippen LogP contribution in [0.1, 0.15) is 11.1 Å². The number of carbonyl (C=O) groups is 3. The lowest BCUT2D eigenvalue weighted by Crippen LogP contribution is -2.58. The second-order valence-electron chi connectivity index (χ2n) is 8.45. The van der Waals surface area contributed by atoms with E-state index >= 15 is 0 Å². The van der Waals surface area contributed by atoms with Crippen LogP contribution in [-0.2, 0) is 19.9 Å². The molecule has 1 aliphatic heterocycles. The fraction of sp³-hybridized carbons (Fsp3) is 0.222. The number of carboxylic acids is 2. The van der Waals surface area contributed by atoms with Gasteiger partial charge < -0.3 is 24.4 Å². The summed E-state index contributed by atoms with van der Waals surface area (Å²) in [6.45, 7) is -1.02. The van der Waals surface area contributed by atoms with E-state index in [0.29, 0.717) is 17.1 Å². The van der Waals surface area contributed by atoms with Gasteiger partial charge >= 0.3 is 11.9 Å². The summed E-state index contributed by atoms with van der Waals surface area (Å²) in [5, 5.41) is 23.4. The normalized spacial score (nSPS) is 17.7. The van der Waals surface area contributed by atoms with Gasteiger partial charge in [-0.25, -0.2) is 4.79 Å². The highest BCUT2D eigenvalue weighted by atomic mass is 35.5. The molecule has 10 nitrogen and oxygen atoms in total. The van der Waals surface area contributed by atoms with Crippen molar-refractivity contribution in [1.29, 1.82) is 0 Å². The third kappa shape index (κ3) is 5.09. The van der Waals surface area contributed by atoms with Crippen molar-refractivity contribution in [3.63, 3.8) is 0 Å². The molecule has 198 valence electrons. The van der Waals surface area contributed by atoms with Gasteiger partial charge in [0.2, 0.25) is 12.0 Å². The Kier molecular flexibility index (Phi) is 7.75. The molecule has 0 fully saturated rings. The maximum atomic E-state index is 13.2. The maximum Gasteiger partial charge on any atom is 0.347 e. The fourth-order valence-corrected chi connectivity index (χ4v) is 4.73. The molecule has 1 heterocycles. The van der Waals surface area contributed by atoms with Gasteiger partial charge in [0, 0.05) is 28.8 Å². The molecule has 1 amide bonds. The summed E-state index contributed by atoms with van der Waals surface area (Å²) >= 11 is 6.39. The first kappa shape index (κ1) is 26.8. The molecule has 0 aliphatic carbocycles. The van der Waals surface area contributed by atoms with Gasteiger partial charge in [-0.3, -0.25) is 19.8 Å². The molecule has 0 radical (unpaired) electrons. The van der Waals surface area contributed by atoms with E-state index in [-0.39, 0.29) is 28.6 Å². The van der Waals surface area contributed by atoms with Crippen molar-refractivity contribution < 1.29 is 38.8 Å². The zero-order valence-electron chi connectivity index (χ0n) is 20.5. The van der Waals surface area contributed by atoms with Crippen LogP contribution in [0.25, 0.3) is 0 Å². The Labute approximate surface area is 223 Å². The summed E-state index contributed by atoms with van der Waals surface area (Å²) < 4.78 is 16.8. The Bertz CT molecular complexity index is 1340. The van der Waals surface area contributed by atoms with E-state index in [1.807, 2.05) is 0 Å². The number of amides is 1. The van der Waals surface area contributed by atoms with Gasteiger partial charge in [0.25, 0.3) is 0 Å². The van der Waals surface area contributed by atoms with Gasteiger partial charge in [-0.15, -0.1) is 0 Å². The molecule has 0 saturated carbocycles. The van der Waals surface area contributed by atoms with Gasteiger partial charge in [0.05, 0.1) is 26.5 Å². The summed E-state index contributed by atoms with van der Waals surface area (Å²) in [4.78, 5) is 38.9. The minimum atomic E-state index is -1.69. The molecule has 0 saturated heterocycles. The van der Waals surface area contributed by atoms with Crippen LogP contribution in [0.3, 0.4) is 0 Å². The SMILES string of the molecule is COc1cc(OC)cc(O[C@H](C(=O)O)[C@@]2(c3ccccc3)NCC(=O)N(CC(=O)O)c3ccc(Cl)cc32)c1. The summed E-state index contributed by atoms with van der Waals surface area (Å²) in [6, 6.07) is 17.7. The number of fused-ring (bicyclic) bond motifs is 1. The van der Waals surface area contributed by atoms with E-state index in [0.717, 1.165) is 4.90 Å². The monoisotopic (exact) mass is 540 g/mol. The smallest absolute Gasteiger partial charge is 0.347 e.